The number of rotatable bonds is 7. The number of esters is 2. The molecule has 0 radical (unpaired) electrons. The number of methoxy groups -OCH3 is 2. The topological polar surface area (TPSA) is 147 Å². The Morgan fingerprint density at radius 2 is 1.73 bits per heavy atom. The molecule has 246 valence electrons. The highest BCUT2D eigenvalue weighted by atomic mass is 16.7. The normalized spacial score (nSPS) is 50.1. The van der Waals surface area contributed by atoms with Gasteiger partial charge in [-0.15, -0.1) is 0 Å². The molecule has 6 rings (SSSR count). The van der Waals surface area contributed by atoms with E-state index in [1.807, 2.05) is 0 Å². The molecule has 6 aliphatic rings. The number of aldehydes is 1. The molecule has 2 heterocycles. The van der Waals surface area contributed by atoms with Crippen molar-refractivity contribution in [2.45, 2.75) is 127 Å². The molecule has 0 amide bonds. The van der Waals surface area contributed by atoms with Crippen LogP contribution in [0.5, 0.6) is 0 Å². The zero-order chi connectivity index (χ0) is 31.7. The van der Waals surface area contributed by atoms with Crippen LogP contribution in [0.2, 0.25) is 0 Å². The van der Waals surface area contributed by atoms with Crippen LogP contribution >= 0.6 is 0 Å². The van der Waals surface area contributed by atoms with Gasteiger partial charge in [-0.1, -0.05) is 6.92 Å². The summed E-state index contributed by atoms with van der Waals surface area (Å²) in [4.78, 5) is 36.8. The molecule has 13 atom stereocenters. The molecule has 44 heavy (non-hydrogen) atoms. The number of aliphatic hydroxyl groups is 2. The van der Waals surface area contributed by atoms with Crippen molar-refractivity contribution in [3.8, 4) is 0 Å². The third kappa shape index (κ3) is 4.63. The summed E-state index contributed by atoms with van der Waals surface area (Å²) in [5.74, 6) is -1.00. The molecule has 2 aliphatic heterocycles. The van der Waals surface area contributed by atoms with Crippen molar-refractivity contribution in [1.29, 1.82) is 0 Å². The van der Waals surface area contributed by atoms with Crippen LogP contribution in [0.15, 0.2) is 11.6 Å². The summed E-state index contributed by atoms with van der Waals surface area (Å²) in [6.07, 6.45) is 3.86. The van der Waals surface area contributed by atoms with Gasteiger partial charge in [-0.2, -0.15) is 0 Å². The molecule has 1 saturated heterocycles. The number of carbonyl (C=O) groups excluding carboxylic acids is 3. The molecule has 4 saturated carbocycles. The molecule has 0 aromatic carbocycles. The van der Waals surface area contributed by atoms with Crippen LogP contribution in [-0.4, -0.2) is 97.3 Å². The van der Waals surface area contributed by atoms with Gasteiger partial charge >= 0.3 is 11.9 Å². The predicted octanol–water partition coefficient (Wildman–Crippen LogP) is 2.63. The fourth-order valence-electron chi connectivity index (χ4n) is 10.6. The summed E-state index contributed by atoms with van der Waals surface area (Å²) < 4.78 is 34.7. The summed E-state index contributed by atoms with van der Waals surface area (Å²) in [5, 5.41) is 24.8. The first-order valence-corrected chi connectivity index (χ1v) is 16.2. The zero-order valence-corrected chi connectivity index (χ0v) is 26.5. The van der Waals surface area contributed by atoms with Gasteiger partial charge in [-0.25, -0.2) is 4.79 Å². The maximum Gasteiger partial charge on any atom is 0.331 e. The molecule has 0 spiro atoms. The molecule has 0 aromatic heterocycles. The Balaban J connectivity index is 1.20. The quantitative estimate of drug-likeness (QED) is 0.246. The molecule has 2 N–H and O–H groups in total. The van der Waals surface area contributed by atoms with Gasteiger partial charge in [0.1, 0.15) is 25.1 Å². The number of cyclic esters (lactones) is 1. The van der Waals surface area contributed by atoms with Gasteiger partial charge in [0.2, 0.25) is 0 Å². The van der Waals surface area contributed by atoms with E-state index in [2.05, 4.69) is 6.92 Å². The number of ether oxygens (including phenoxy) is 6. The van der Waals surface area contributed by atoms with Crippen molar-refractivity contribution in [2.24, 2.45) is 28.6 Å². The van der Waals surface area contributed by atoms with E-state index in [-0.39, 0.29) is 36.8 Å². The third-order valence-electron chi connectivity index (χ3n) is 12.7. The van der Waals surface area contributed by atoms with Crippen molar-refractivity contribution in [3.63, 3.8) is 0 Å². The van der Waals surface area contributed by atoms with E-state index in [9.17, 15) is 24.6 Å². The minimum Gasteiger partial charge on any atom is -0.458 e. The Bertz CT molecular complexity index is 1190. The molecule has 0 unspecified atom stereocenters. The lowest BCUT2D eigenvalue weighted by molar-refractivity contribution is -0.324. The summed E-state index contributed by atoms with van der Waals surface area (Å²) >= 11 is 0. The number of carbonyl (C=O) groups is 3. The Kier molecular flexibility index (Phi) is 8.32. The minimum absolute atomic E-state index is 0.0556. The summed E-state index contributed by atoms with van der Waals surface area (Å²) in [5.41, 5.74) is -2.75. The predicted molar refractivity (Wildman–Crippen MR) is 154 cm³/mol. The maximum absolute atomic E-state index is 13.2. The molecule has 0 aromatic rings. The van der Waals surface area contributed by atoms with Gasteiger partial charge < -0.3 is 43.4 Å². The van der Waals surface area contributed by atoms with Crippen LogP contribution in [-0.2, 0) is 42.8 Å². The third-order valence-corrected chi connectivity index (χ3v) is 12.7. The van der Waals surface area contributed by atoms with Gasteiger partial charge in [0.05, 0.1) is 28.8 Å². The zero-order valence-electron chi connectivity index (χ0n) is 26.5. The van der Waals surface area contributed by atoms with E-state index in [1.54, 1.807) is 13.0 Å². The molecule has 11 heteroatoms. The van der Waals surface area contributed by atoms with Crippen LogP contribution in [0.3, 0.4) is 0 Å². The lowest BCUT2D eigenvalue weighted by Crippen LogP contribution is -2.69. The highest BCUT2D eigenvalue weighted by Gasteiger charge is 2.71. The van der Waals surface area contributed by atoms with Crippen molar-refractivity contribution in [2.75, 3.05) is 20.8 Å². The van der Waals surface area contributed by atoms with E-state index >= 15 is 0 Å². The first-order chi connectivity index (χ1) is 20.9. The van der Waals surface area contributed by atoms with Crippen LogP contribution in [0.4, 0.5) is 0 Å². The minimum atomic E-state index is -1.29. The van der Waals surface area contributed by atoms with Crippen molar-refractivity contribution >= 4 is 18.2 Å². The average Bonchev–Trinajstić information content (AvgIpc) is 3.52. The fraction of sp³-hybridized carbons (Fsp3) is 0.848. The van der Waals surface area contributed by atoms with Crippen molar-refractivity contribution in [1.82, 2.24) is 0 Å². The maximum atomic E-state index is 13.2. The summed E-state index contributed by atoms with van der Waals surface area (Å²) in [6.45, 7) is 5.55. The van der Waals surface area contributed by atoms with E-state index in [0.29, 0.717) is 38.5 Å². The lowest BCUT2D eigenvalue weighted by atomic mass is 9.41. The van der Waals surface area contributed by atoms with Gasteiger partial charge in [0.15, 0.2) is 12.4 Å². The highest BCUT2D eigenvalue weighted by Crippen LogP contribution is 2.70. The number of fused-ring (bicyclic) bond motifs is 5. The molecule has 0 bridgehead atoms. The molecular formula is C33H48O11. The molecule has 5 fully saturated rings. The number of hydrogen-bond donors (Lipinski definition) is 2. The Morgan fingerprint density at radius 1 is 1.00 bits per heavy atom. The van der Waals surface area contributed by atoms with Crippen LogP contribution in [0.1, 0.15) is 78.6 Å². The fourth-order valence-corrected chi connectivity index (χ4v) is 10.6. The average molecular weight is 621 g/mol. The SMILES string of the molecule is CO[C@H]1[C@@H](OC)[C@@H](O[C@H]2CC[C@]3(C=O)[C@@H]4CC[C@]5(C)[C@H](C6=CC(=O)OC6)CC[C@]5(O)[C@H]4CC[C@@]3(O)C2)O[C@H](C)[C@H]1OC(C)=O. The van der Waals surface area contributed by atoms with Crippen LogP contribution < -0.4 is 0 Å². The summed E-state index contributed by atoms with van der Waals surface area (Å²) in [7, 11) is 3.05. The molecule has 11 nitrogen and oxygen atoms in total. The molecular weight excluding hydrogens is 572 g/mol. The number of hydrogen-bond acceptors (Lipinski definition) is 11. The van der Waals surface area contributed by atoms with Gasteiger partial charge in [-0.3, -0.25) is 4.79 Å². The second kappa shape index (κ2) is 11.4. The lowest BCUT2D eigenvalue weighted by Gasteiger charge is -2.65. The standard InChI is InChI=1S/C33H48O11/c1-18-26(43-19(2)35)27(39-4)28(40-5)29(42-18)44-21-6-11-31(17-34)23-7-10-30(3)22(20-14-25(36)41-16-20)9-13-33(30,38)24(23)8-12-32(31,37)15-21/h14,17-18,21-24,26-29,37-38H,6-13,15-16H2,1-5H3/t18-,21+,22+,23-,24+,26-,27-,28-,29-,30-,31+,32-,33+/m1/s1. The first kappa shape index (κ1) is 32.1. The Morgan fingerprint density at radius 3 is 2.36 bits per heavy atom. The highest BCUT2D eigenvalue weighted by molar-refractivity contribution is 5.85. The first-order valence-electron chi connectivity index (χ1n) is 16.2. The largest absolute Gasteiger partial charge is 0.458 e. The second-order valence-corrected chi connectivity index (χ2v) is 14.4. The smallest absolute Gasteiger partial charge is 0.331 e. The Hall–Kier alpha value is -1.89. The van der Waals surface area contributed by atoms with Gasteiger partial charge in [0.25, 0.3) is 0 Å². The van der Waals surface area contributed by atoms with Gasteiger partial charge in [0, 0.05) is 39.1 Å². The van der Waals surface area contributed by atoms with E-state index in [1.165, 1.54) is 21.1 Å². The monoisotopic (exact) mass is 620 g/mol. The summed E-state index contributed by atoms with van der Waals surface area (Å²) in [6, 6.07) is 0. The molecule has 4 aliphatic carbocycles. The van der Waals surface area contributed by atoms with Crippen molar-refractivity contribution < 1.29 is 53.0 Å². The van der Waals surface area contributed by atoms with E-state index in [4.69, 9.17) is 28.4 Å². The Labute approximate surface area is 258 Å². The van der Waals surface area contributed by atoms with Crippen LogP contribution in [0, 0.1) is 28.6 Å². The van der Waals surface area contributed by atoms with E-state index in [0.717, 1.165) is 24.7 Å². The van der Waals surface area contributed by atoms with Crippen molar-refractivity contribution in [3.05, 3.63) is 11.6 Å². The van der Waals surface area contributed by atoms with E-state index < -0.39 is 64.8 Å². The van der Waals surface area contributed by atoms with Crippen LogP contribution in [0.25, 0.3) is 0 Å². The van der Waals surface area contributed by atoms with Gasteiger partial charge in [-0.05, 0) is 81.6 Å². The second-order valence-electron chi connectivity index (χ2n) is 14.4.